The Hall–Kier alpha value is -2.96. The molecule has 2 aromatic rings. The number of nitrogens with one attached hydrogen (secondary N) is 2. The maximum absolute atomic E-state index is 13.3. The topological polar surface area (TPSA) is 67.4 Å². The summed E-state index contributed by atoms with van der Waals surface area (Å²) in [6.45, 7) is 1.42. The average Bonchev–Trinajstić information content (AvgIpc) is 3.48. The molecule has 1 saturated carbocycles. The van der Waals surface area contributed by atoms with Gasteiger partial charge in [-0.25, -0.2) is 8.78 Å². The first-order valence-corrected chi connectivity index (χ1v) is 8.70. The fourth-order valence-corrected chi connectivity index (χ4v) is 2.55. The van der Waals surface area contributed by atoms with E-state index >= 15 is 0 Å². The van der Waals surface area contributed by atoms with Crippen LogP contribution in [0.25, 0.3) is 0 Å². The molecular formula is C20H20F2N2O3. The quantitative estimate of drug-likeness (QED) is 0.779. The normalized spacial score (nSPS) is 14.3. The van der Waals surface area contributed by atoms with Gasteiger partial charge in [-0.3, -0.25) is 9.59 Å². The van der Waals surface area contributed by atoms with Crippen molar-refractivity contribution in [1.29, 1.82) is 0 Å². The van der Waals surface area contributed by atoms with Crippen LogP contribution in [0.4, 0.5) is 14.5 Å². The summed E-state index contributed by atoms with van der Waals surface area (Å²) in [4.78, 5) is 23.8. The third-order valence-electron chi connectivity index (χ3n) is 4.24. The number of benzene rings is 2. The molecule has 2 N–H and O–H groups in total. The summed E-state index contributed by atoms with van der Waals surface area (Å²) < 4.78 is 31.7. The molecule has 0 spiro atoms. The van der Waals surface area contributed by atoms with E-state index in [1.807, 2.05) is 0 Å². The van der Waals surface area contributed by atoms with Gasteiger partial charge in [-0.15, -0.1) is 0 Å². The predicted molar refractivity (Wildman–Crippen MR) is 96.2 cm³/mol. The standard InChI is InChI=1S/C20H20F2N2O3/c1-12(14-7-8-17(21)18(22)9-14)23-19(25)11-27-16-4-2-3-15(10-16)24-20(26)13-5-6-13/h2-4,7-10,12-13H,5-6,11H2,1H3,(H,23,25)(H,24,26)/t12-/m0/s1. The smallest absolute Gasteiger partial charge is 0.258 e. The minimum atomic E-state index is -0.963. The van der Waals surface area contributed by atoms with Crippen LogP contribution in [0.1, 0.15) is 31.4 Å². The van der Waals surface area contributed by atoms with Crippen LogP contribution in [0.5, 0.6) is 5.75 Å². The Morgan fingerprint density at radius 2 is 1.93 bits per heavy atom. The van der Waals surface area contributed by atoms with Gasteiger partial charge in [0.05, 0.1) is 6.04 Å². The molecule has 7 heteroatoms. The summed E-state index contributed by atoms with van der Waals surface area (Å²) in [5, 5.41) is 5.47. The van der Waals surface area contributed by atoms with Gasteiger partial charge in [0.1, 0.15) is 5.75 Å². The van der Waals surface area contributed by atoms with Crippen molar-refractivity contribution in [1.82, 2.24) is 5.32 Å². The number of hydrogen-bond donors (Lipinski definition) is 2. The summed E-state index contributed by atoms with van der Waals surface area (Å²) in [7, 11) is 0. The van der Waals surface area contributed by atoms with Crippen molar-refractivity contribution in [3.63, 3.8) is 0 Å². The fraction of sp³-hybridized carbons (Fsp3) is 0.300. The second kappa shape index (κ2) is 8.16. The molecule has 0 aliphatic heterocycles. The number of amides is 2. The van der Waals surface area contributed by atoms with Crippen molar-refractivity contribution in [2.24, 2.45) is 5.92 Å². The SMILES string of the molecule is C[C@H](NC(=O)COc1cccc(NC(=O)C2CC2)c1)c1ccc(F)c(F)c1. The Bertz CT molecular complexity index is 853. The number of hydrogen-bond acceptors (Lipinski definition) is 3. The van der Waals surface area contributed by atoms with Gasteiger partial charge in [-0.1, -0.05) is 12.1 Å². The largest absolute Gasteiger partial charge is 0.484 e. The van der Waals surface area contributed by atoms with Gasteiger partial charge in [0.15, 0.2) is 18.2 Å². The number of halogens is 2. The van der Waals surface area contributed by atoms with Crippen LogP contribution in [0.15, 0.2) is 42.5 Å². The fourth-order valence-electron chi connectivity index (χ4n) is 2.55. The lowest BCUT2D eigenvalue weighted by Gasteiger charge is -2.15. The van der Waals surface area contributed by atoms with E-state index in [0.717, 1.165) is 25.0 Å². The van der Waals surface area contributed by atoms with Crippen molar-refractivity contribution in [3.05, 3.63) is 59.7 Å². The molecule has 1 atom stereocenters. The lowest BCUT2D eigenvalue weighted by molar-refractivity contribution is -0.123. The van der Waals surface area contributed by atoms with Crippen molar-refractivity contribution >= 4 is 17.5 Å². The van der Waals surface area contributed by atoms with Crippen LogP contribution in [-0.4, -0.2) is 18.4 Å². The third-order valence-corrected chi connectivity index (χ3v) is 4.24. The summed E-state index contributed by atoms with van der Waals surface area (Å²) in [6.07, 6.45) is 1.83. The molecule has 0 unspecified atom stereocenters. The van der Waals surface area contributed by atoms with Crippen LogP contribution in [0, 0.1) is 17.6 Å². The highest BCUT2D eigenvalue weighted by Crippen LogP contribution is 2.30. The van der Waals surface area contributed by atoms with Crippen LogP contribution in [0.3, 0.4) is 0 Å². The highest BCUT2D eigenvalue weighted by molar-refractivity contribution is 5.94. The molecule has 27 heavy (non-hydrogen) atoms. The first kappa shape index (κ1) is 18.8. The van der Waals surface area contributed by atoms with Crippen molar-refractivity contribution in [2.75, 3.05) is 11.9 Å². The molecular weight excluding hydrogens is 354 g/mol. The average molecular weight is 374 g/mol. The molecule has 0 saturated heterocycles. The summed E-state index contributed by atoms with van der Waals surface area (Å²) in [5.41, 5.74) is 1.06. The molecule has 142 valence electrons. The van der Waals surface area contributed by atoms with Crippen LogP contribution >= 0.6 is 0 Å². The van der Waals surface area contributed by atoms with E-state index < -0.39 is 23.6 Å². The first-order chi connectivity index (χ1) is 12.9. The van der Waals surface area contributed by atoms with E-state index in [1.54, 1.807) is 31.2 Å². The lowest BCUT2D eigenvalue weighted by Crippen LogP contribution is -2.31. The van der Waals surface area contributed by atoms with E-state index in [-0.39, 0.29) is 18.4 Å². The molecule has 0 heterocycles. The van der Waals surface area contributed by atoms with E-state index in [1.165, 1.54) is 6.07 Å². The van der Waals surface area contributed by atoms with E-state index in [4.69, 9.17) is 4.74 Å². The number of ether oxygens (including phenoxy) is 1. The van der Waals surface area contributed by atoms with Crippen LogP contribution in [-0.2, 0) is 9.59 Å². The second-order valence-electron chi connectivity index (χ2n) is 6.54. The van der Waals surface area contributed by atoms with Gasteiger partial charge in [0.25, 0.3) is 5.91 Å². The second-order valence-corrected chi connectivity index (χ2v) is 6.54. The van der Waals surface area contributed by atoms with Crippen molar-refractivity contribution < 1.29 is 23.1 Å². The molecule has 0 radical (unpaired) electrons. The third kappa shape index (κ3) is 5.26. The Kier molecular flexibility index (Phi) is 5.69. The summed E-state index contributed by atoms with van der Waals surface area (Å²) >= 11 is 0. The van der Waals surface area contributed by atoms with Gasteiger partial charge < -0.3 is 15.4 Å². The van der Waals surface area contributed by atoms with Gasteiger partial charge in [-0.2, -0.15) is 0 Å². The van der Waals surface area contributed by atoms with Gasteiger partial charge in [0.2, 0.25) is 5.91 Å². The first-order valence-electron chi connectivity index (χ1n) is 8.70. The van der Waals surface area contributed by atoms with E-state index in [2.05, 4.69) is 10.6 Å². The maximum atomic E-state index is 13.3. The van der Waals surface area contributed by atoms with Crippen molar-refractivity contribution in [2.45, 2.75) is 25.8 Å². The molecule has 1 aliphatic rings. The zero-order chi connectivity index (χ0) is 19.4. The van der Waals surface area contributed by atoms with E-state index in [9.17, 15) is 18.4 Å². The molecule has 2 aromatic carbocycles. The highest BCUT2D eigenvalue weighted by atomic mass is 19.2. The molecule has 1 aliphatic carbocycles. The zero-order valence-electron chi connectivity index (χ0n) is 14.8. The number of carbonyl (C=O) groups excluding carboxylic acids is 2. The Balaban J connectivity index is 1.51. The van der Waals surface area contributed by atoms with Crippen molar-refractivity contribution in [3.8, 4) is 5.75 Å². The molecule has 3 rings (SSSR count). The Labute approximate surface area is 155 Å². The number of anilines is 1. The molecule has 1 fully saturated rings. The molecule has 5 nitrogen and oxygen atoms in total. The van der Waals surface area contributed by atoms with Crippen LogP contribution < -0.4 is 15.4 Å². The Morgan fingerprint density at radius 1 is 1.15 bits per heavy atom. The van der Waals surface area contributed by atoms with Gasteiger partial charge >= 0.3 is 0 Å². The van der Waals surface area contributed by atoms with E-state index in [0.29, 0.717) is 17.0 Å². The highest BCUT2D eigenvalue weighted by Gasteiger charge is 2.29. The maximum Gasteiger partial charge on any atom is 0.258 e. The molecule has 2 amide bonds. The molecule has 0 aromatic heterocycles. The monoisotopic (exact) mass is 374 g/mol. The lowest BCUT2D eigenvalue weighted by atomic mass is 10.1. The predicted octanol–water partition coefficient (Wildman–Crippen LogP) is 3.57. The minimum Gasteiger partial charge on any atom is -0.484 e. The molecule has 0 bridgehead atoms. The van der Waals surface area contributed by atoms with Gasteiger partial charge in [-0.05, 0) is 49.6 Å². The zero-order valence-corrected chi connectivity index (χ0v) is 14.8. The number of carbonyl (C=O) groups is 2. The van der Waals surface area contributed by atoms with Crippen LogP contribution in [0.2, 0.25) is 0 Å². The minimum absolute atomic E-state index is 0.00903. The summed E-state index contributed by atoms with van der Waals surface area (Å²) in [5.74, 6) is -1.77. The summed E-state index contributed by atoms with van der Waals surface area (Å²) in [6, 6.07) is 9.78. The van der Waals surface area contributed by atoms with Gasteiger partial charge in [0, 0.05) is 17.7 Å². The number of rotatable bonds is 7. The Morgan fingerprint density at radius 3 is 2.63 bits per heavy atom.